The number of alkyl halides is 2. The normalized spacial score (nSPS) is 15.8. The lowest BCUT2D eigenvalue weighted by atomic mass is 9.89. The summed E-state index contributed by atoms with van der Waals surface area (Å²) in [5.74, 6) is -0.105. The maximum Gasteiger partial charge on any atom is 0.387 e. The summed E-state index contributed by atoms with van der Waals surface area (Å²) in [4.78, 5) is 12.1. The van der Waals surface area contributed by atoms with Crippen molar-refractivity contribution in [1.29, 1.82) is 0 Å². The Labute approximate surface area is 144 Å². The van der Waals surface area contributed by atoms with Crippen molar-refractivity contribution in [2.24, 2.45) is 11.0 Å². The van der Waals surface area contributed by atoms with Crippen molar-refractivity contribution in [3.63, 3.8) is 0 Å². The van der Waals surface area contributed by atoms with Gasteiger partial charge in [0.25, 0.3) is 0 Å². The highest BCUT2D eigenvalue weighted by molar-refractivity contribution is 6.02. The number of rotatable bonds is 5. The number of hydrogen-bond donors (Lipinski definition) is 1. The van der Waals surface area contributed by atoms with Gasteiger partial charge in [0.15, 0.2) is 0 Å². The molecule has 2 aromatic carbocycles. The van der Waals surface area contributed by atoms with E-state index in [-0.39, 0.29) is 17.6 Å². The number of carbonyl (C=O) groups excluding carboxylic acids is 1. The number of nitrogens with one attached hydrogen (secondary N) is 1. The van der Waals surface area contributed by atoms with Gasteiger partial charge >= 0.3 is 6.61 Å². The highest BCUT2D eigenvalue weighted by Gasteiger charge is 2.20. The molecule has 6 heteroatoms. The number of ether oxygens (including phenoxy) is 1. The lowest BCUT2D eigenvalue weighted by Gasteiger charge is -2.19. The fraction of sp³-hybridized carbons (Fsp3) is 0.368. The summed E-state index contributed by atoms with van der Waals surface area (Å²) < 4.78 is 29.9. The Balaban J connectivity index is 1.81. The van der Waals surface area contributed by atoms with Crippen LogP contribution in [-0.2, 0) is 4.79 Å². The molecule has 132 valence electrons. The minimum atomic E-state index is -2.93. The van der Waals surface area contributed by atoms with E-state index in [1.807, 2.05) is 18.2 Å². The van der Waals surface area contributed by atoms with E-state index in [0.717, 1.165) is 42.9 Å². The van der Waals surface area contributed by atoms with Crippen LogP contribution in [0, 0.1) is 5.92 Å². The Morgan fingerprint density at radius 1 is 1.16 bits per heavy atom. The molecular formula is C19H20F2N2O2. The fourth-order valence-electron chi connectivity index (χ4n) is 3.22. The first kappa shape index (κ1) is 17.3. The van der Waals surface area contributed by atoms with E-state index in [0.29, 0.717) is 5.56 Å². The third-order valence-corrected chi connectivity index (χ3v) is 4.49. The van der Waals surface area contributed by atoms with Crippen molar-refractivity contribution < 1.29 is 18.3 Å². The van der Waals surface area contributed by atoms with Crippen molar-refractivity contribution in [2.45, 2.75) is 38.7 Å². The van der Waals surface area contributed by atoms with E-state index in [4.69, 9.17) is 0 Å². The molecule has 1 N–H and O–H groups in total. The Bertz CT molecular complexity index is 771. The number of carbonyl (C=O) groups is 1. The molecule has 4 nitrogen and oxygen atoms in total. The van der Waals surface area contributed by atoms with Gasteiger partial charge in [0.2, 0.25) is 5.91 Å². The summed E-state index contributed by atoms with van der Waals surface area (Å²) in [5.41, 5.74) is 2.95. The van der Waals surface area contributed by atoms with E-state index in [9.17, 15) is 13.6 Å². The van der Waals surface area contributed by atoms with E-state index in [1.165, 1.54) is 12.3 Å². The molecule has 0 aromatic heterocycles. The summed E-state index contributed by atoms with van der Waals surface area (Å²) >= 11 is 0. The zero-order valence-corrected chi connectivity index (χ0v) is 13.8. The molecule has 0 radical (unpaired) electrons. The molecule has 0 spiro atoms. The number of hydrazone groups is 1. The molecule has 0 heterocycles. The standard InChI is InChI=1S/C19H20F2N2O2/c20-19(21)25-17-11-10-13-6-4-5-9-15(13)16(17)12-22-23-18(24)14-7-2-1-3-8-14/h4-6,9-12,14,19H,1-3,7-8H2,(H,23,24)/b22-12-. The number of amides is 1. The Morgan fingerprint density at radius 3 is 2.68 bits per heavy atom. The average molecular weight is 346 g/mol. The third kappa shape index (κ3) is 4.32. The summed E-state index contributed by atoms with van der Waals surface area (Å²) in [6.45, 7) is -2.93. The van der Waals surface area contributed by atoms with Gasteiger partial charge in [0.05, 0.1) is 6.21 Å². The zero-order chi connectivity index (χ0) is 17.6. The fourth-order valence-corrected chi connectivity index (χ4v) is 3.22. The first-order valence-electron chi connectivity index (χ1n) is 8.44. The van der Waals surface area contributed by atoms with Crippen molar-refractivity contribution in [3.8, 4) is 5.75 Å². The van der Waals surface area contributed by atoms with Crippen LogP contribution in [0.3, 0.4) is 0 Å². The molecule has 1 saturated carbocycles. The maximum absolute atomic E-state index is 12.7. The minimum Gasteiger partial charge on any atom is -0.434 e. The molecule has 0 atom stereocenters. The largest absolute Gasteiger partial charge is 0.434 e. The van der Waals surface area contributed by atoms with Gasteiger partial charge in [0.1, 0.15) is 5.75 Å². The van der Waals surface area contributed by atoms with Gasteiger partial charge in [0, 0.05) is 11.5 Å². The van der Waals surface area contributed by atoms with Crippen LogP contribution < -0.4 is 10.2 Å². The highest BCUT2D eigenvalue weighted by Crippen LogP contribution is 2.28. The second-order valence-corrected chi connectivity index (χ2v) is 6.15. The monoisotopic (exact) mass is 346 g/mol. The molecule has 25 heavy (non-hydrogen) atoms. The lowest BCUT2D eigenvalue weighted by molar-refractivity contribution is -0.125. The molecule has 0 unspecified atom stereocenters. The first-order chi connectivity index (χ1) is 12.1. The summed E-state index contributed by atoms with van der Waals surface area (Å²) in [5, 5.41) is 5.60. The van der Waals surface area contributed by atoms with Crippen molar-refractivity contribution in [3.05, 3.63) is 42.0 Å². The van der Waals surface area contributed by atoms with Crippen LogP contribution in [0.25, 0.3) is 10.8 Å². The number of hydrogen-bond acceptors (Lipinski definition) is 3. The van der Waals surface area contributed by atoms with E-state index < -0.39 is 6.61 Å². The number of halogens is 2. The molecule has 1 fully saturated rings. The quantitative estimate of drug-likeness (QED) is 0.641. The van der Waals surface area contributed by atoms with Gasteiger partial charge in [-0.15, -0.1) is 0 Å². The van der Waals surface area contributed by atoms with Crippen molar-refractivity contribution in [2.75, 3.05) is 0 Å². The van der Waals surface area contributed by atoms with Crippen LogP contribution in [0.4, 0.5) is 8.78 Å². The summed E-state index contributed by atoms with van der Waals surface area (Å²) in [6.07, 6.45) is 6.39. The van der Waals surface area contributed by atoms with E-state index in [2.05, 4.69) is 15.3 Å². The molecule has 2 aromatic rings. The molecule has 0 aliphatic heterocycles. The second kappa shape index (κ2) is 8.05. The van der Waals surface area contributed by atoms with Crippen LogP contribution >= 0.6 is 0 Å². The molecule has 3 rings (SSSR count). The van der Waals surface area contributed by atoms with Crippen molar-refractivity contribution in [1.82, 2.24) is 5.43 Å². The second-order valence-electron chi connectivity index (χ2n) is 6.15. The Morgan fingerprint density at radius 2 is 1.92 bits per heavy atom. The SMILES string of the molecule is O=C(N/N=C\c1c(OC(F)F)ccc2ccccc12)C1CCCCC1. The topological polar surface area (TPSA) is 50.7 Å². The van der Waals surface area contributed by atoms with Gasteiger partial charge in [-0.2, -0.15) is 13.9 Å². The van der Waals surface area contributed by atoms with Crippen LogP contribution in [0.15, 0.2) is 41.5 Å². The van der Waals surface area contributed by atoms with Gasteiger partial charge in [-0.05, 0) is 29.7 Å². The van der Waals surface area contributed by atoms with Gasteiger partial charge in [-0.25, -0.2) is 5.43 Å². The maximum atomic E-state index is 12.7. The highest BCUT2D eigenvalue weighted by atomic mass is 19.3. The van der Waals surface area contributed by atoms with E-state index >= 15 is 0 Å². The minimum absolute atomic E-state index is 0.0183. The Kier molecular flexibility index (Phi) is 5.58. The summed E-state index contributed by atoms with van der Waals surface area (Å²) in [7, 11) is 0. The zero-order valence-electron chi connectivity index (χ0n) is 13.8. The van der Waals surface area contributed by atoms with Crippen molar-refractivity contribution >= 4 is 22.9 Å². The van der Waals surface area contributed by atoms with Crippen LogP contribution in [0.5, 0.6) is 5.75 Å². The predicted molar refractivity (Wildman–Crippen MR) is 92.9 cm³/mol. The lowest BCUT2D eigenvalue weighted by Crippen LogP contribution is -2.28. The van der Waals surface area contributed by atoms with Gasteiger partial charge < -0.3 is 4.74 Å². The summed E-state index contributed by atoms with van der Waals surface area (Å²) in [6, 6.07) is 10.6. The number of nitrogens with zero attached hydrogens (tertiary/aromatic N) is 1. The molecule has 1 aliphatic rings. The van der Waals surface area contributed by atoms with E-state index in [1.54, 1.807) is 12.1 Å². The third-order valence-electron chi connectivity index (χ3n) is 4.49. The molecule has 1 aliphatic carbocycles. The average Bonchev–Trinajstić information content (AvgIpc) is 2.63. The molecule has 0 saturated heterocycles. The molecular weight excluding hydrogens is 326 g/mol. The van der Waals surface area contributed by atoms with Crippen LogP contribution in [-0.4, -0.2) is 18.7 Å². The van der Waals surface area contributed by atoms with Crippen LogP contribution in [0.1, 0.15) is 37.7 Å². The molecule has 0 bridgehead atoms. The molecule has 1 amide bonds. The van der Waals surface area contributed by atoms with Crippen LogP contribution in [0.2, 0.25) is 0 Å². The van der Waals surface area contributed by atoms with Gasteiger partial charge in [-0.3, -0.25) is 4.79 Å². The van der Waals surface area contributed by atoms with Gasteiger partial charge in [-0.1, -0.05) is 49.6 Å². The smallest absolute Gasteiger partial charge is 0.387 e. The first-order valence-corrected chi connectivity index (χ1v) is 8.44. The number of benzene rings is 2. The predicted octanol–water partition coefficient (Wildman–Crippen LogP) is 4.47. The Hall–Kier alpha value is -2.50. The number of fused-ring (bicyclic) bond motifs is 1.